The summed E-state index contributed by atoms with van der Waals surface area (Å²) in [5.41, 5.74) is 2.24. The average molecular weight is 569 g/mol. The van der Waals surface area contributed by atoms with Gasteiger partial charge in [0.25, 0.3) is 5.91 Å². The van der Waals surface area contributed by atoms with Crippen LogP contribution in [0.4, 0.5) is 5.69 Å². The van der Waals surface area contributed by atoms with Crippen molar-refractivity contribution in [2.45, 2.75) is 25.3 Å². The Hall–Kier alpha value is -4.43. The molecule has 0 saturated heterocycles. The van der Waals surface area contributed by atoms with Gasteiger partial charge in [-0.2, -0.15) is 0 Å². The molecule has 1 amide bonds. The van der Waals surface area contributed by atoms with Crippen molar-refractivity contribution < 1.29 is 24.2 Å². The van der Waals surface area contributed by atoms with Crippen molar-refractivity contribution in [2.75, 3.05) is 25.0 Å². The molecule has 0 aliphatic heterocycles. The summed E-state index contributed by atoms with van der Waals surface area (Å²) in [6.45, 7) is 1.62. The second-order valence-electron chi connectivity index (χ2n) is 10.1. The van der Waals surface area contributed by atoms with Crippen LogP contribution in [0, 0.1) is 5.92 Å². The number of nitrogens with zero attached hydrogens (tertiary/aromatic N) is 1. The van der Waals surface area contributed by atoms with Gasteiger partial charge in [0, 0.05) is 29.8 Å². The molecule has 210 valence electrons. The normalized spacial score (nSPS) is 13.3. The minimum Gasteiger partial charge on any atom is -0.492 e. The molecule has 1 saturated carbocycles. The zero-order valence-electron chi connectivity index (χ0n) is 22.6. The van der Waals surface area contributed by atoms with Crippen LogP contribution in [0.5, 0.6) is 5.75 Å². The second-order valence-corrected chi connectivity index (χ2v) is 11.1. The third-order valence-corrected chi connectivity index (χ3v) is 7.88. The van der Waals surface area contributed by atoms with Gasteiger partial charge in [-0.05, 0) is 60.0 Å². The van der Waals surface area contributed by atoms with Crippen molar-refractivity contribution in [3.8, 4) is 5.75 Å². The summed E-state index contributed by atoms with van der Waals surface area (Å²) in [6.07, 6.45) is 2.54. The number of benzene rings is 3. The molecule has 5 rings (SSSR count). The van der Waals surface area contributed by atoms with E-state index in [-0.39, 0.29) is 18.1 Å². The summed E-state index contributed by atoms with van der Waals surface area (Å²) < 4.78 is 5.93. The van der Waals surface area contributed by atoms with Crippen LogP contribution in [0.1, 0.15) is 44.0 Å². The Labute approximate surface area is 243 Å². The molecule has 7 nitrogen and oxygen atoms in total. The number of thiophene rings is 1. The molecule has 4 aromatic rings. The predicted octanol–water partition coefficient (Wildman–Crippen LogP) is 6.02. The first-order valence-corrected chi connectivity index (χ1v) is 14.6. The molecular weight excluding hydrogens is 536 g/mol. The number of ether oxygens (including phenoxy) is 1. The van der Waals surface area contributed by atoms with Crippen LogP contribution in [-0.4, -0.2) is 53.4 Å². The Morgan fingerprint density at radius 2 is 1.66 bits per heavy atom. The Balaban J connectivity index is 1.18. The van der Waals surface area contributed by atoms with Gasteiger partial charge < -0.3 is 20.1 Å². The fourth-order valence-electron chi connectivity index (χ4n) is 4.61. The van der Waals surface area contributed by atoms with Gasteiger partial charge in [0.2, 0.25) is 0 Å². The first-order chi connectivity index (χ1) is 20.0. The van der Waals surface area contributed by atoms with Crippen LogP contribution in [-0.2, 0) is 11.2 Å². The molecule has 3 aromatic carbocycles. The maximum absolute atomic E-state index is 13.1. The van der Waals surface area contributed by atoms with E-state index < -0.39 is 12.0 Å². The summed E-state index contributed by atoms with van der Waals surface area (Å²) in [5, 5.41) is 14.9. The van der Waals surface area contributed by atoms with Gasteiger partial charge in [-0.1, -0.05) is 60.7 Å². The molecular formula is C33H32N2O5S. The number of rotatable bonds is 14. The topological polar surface area (TPSA) is 95.9 Å². The second kappa shape index (κ2) is 13.3. The lowest BCUT2D eigenvalue weighted by atomic mass is 10.00. The lowest BCUT2D eigenvalue weighted by molar-refractivity contribution is -0.137. The van der Waals surface area contributed by atoms with E-state index in [2.05, 4.69) is 5.32 Å². The lowest BCUT2D eigenvalue weighted by Crippen LogP contribution is -2.35. The van der Waals surface area contributed by atoms with Crippen molar-refractivity contribution in [1.82, 2.24) is 4.90 Å². The van der Waals surface area contributed by atoms with Crippen LogP contribution < -0.4 is 10.1 Å². The Morgan fingerprint density at radius 1 is 0.927 bits per heavy atom. The molecule has 1 aromatic heterocycles. The SMILES string of the molecule is O=C(c1ccccc1)c1ccccc1NC(Cc1ccc(OCCN(CC2CC2)C(=O)c2cccs2)cc1)C(=O)O. The van der Waals surface area contributed by atoms with Crippen LogP contribution in [0.3, 0.4) is 0 Å². The van der Waals surface area contributed by atoms with Gasteiger partial charge >= 0.3 is 5.97 Å². The molecule has 1 unspecified atom stereocenters. The van der Waals surface area contributed by atoms with E-state index in [0.717, 1.165) is 29.8 Å². The Bertz CT molecular complexity index is 1470. The van der Waals surface area contributed by atoms with Gasteiger partial charge in [-0.15, -0.1) is 11.3 Å². The maximum atomic E-state index is 13.1. The minimum absolute atomic E-state index is 0.0464. The van der Waals surface area contributed by atoms with E-state index in [9.17, 15) is 19.5 Å². The van der Waals surface area contributed by atoms with Crippen LogP contribution >= 0.6 is 11.3 Å². The number of ketones is 1. The summed E-state index contributed by atoms with van der Waals surface area (Å²) in [4.78, 5) is 40.7. The molecule has 0 radical (unpaired) electrons. The van der Waals surface area contributed by atoms with Crippen molar-refractivity contribution >= 4 is 34.7 Å². The van der Waals surface area contributed by atoms with Gasteiger partial charge in [0.05, 0.1) is 11.4 Å². The molecule has 1 atom stereocenters. The van der Waals surface area contributed by atoms with Crippen molar-refractivity contribution in [1.29, 1.82) is 0 Å². The van der Waals surface area contributed by atoms with Gasteiger partial charge in [0.15, 0.2) is 5.78 Å². The number of carbonyl (C=O) groups excluding carboxylic acids is 2. The number of para-hydroxylation sites is 1. The standard InChI is InChI=1S/C33H32N2O5S/c36-31(25-7-2-1-3-8-25)27-9-4-5-10-28(27)34-29(33(38)39)21-23-14-16-26(17-15-23)40-19-18-35(22-24-12-13-24)32(37)30-11-6-20-41-30/h1-11,14-17,20,24,29,34H,12-13,18-19,21-22H2,(H,38,39). The van der Waals surface area contributed by atoms with E-state index in [1.807, 2.05) is 52.7 Å². The van der Waals surface area contributed by atoms with E-state index in [1.54, 1.807) is 48.5 Å². The highest BCUT2D eigenvalue weighted by atomic mass is 32.1. The quantitative estimate of drug-likeness (QED) is 0.181. The summed E-state index contributed by atoms with van der Waals surface area (Å²) >= 11 is 1.45. The molecule has 0 bridgehead atoms. The lowest BCUT2D eigenvalue weighted by Gasteiger charge is -2.22. The van der Waals surface area contributed by atoms with Crippen LogP contribution in [0.25, 0.3) is 0 Å². The molecule has 1 aliphatic rings. The number of amides is 1. The first kappa shape index (κ1) is 28.1. The van der Waals surface area contributed by atoms with Gasteiger partial charge in [-0.25, -0.2) is 4.79 Å². The first-order valence-electron chi connectivity index (χ1n) is 13.7. The third kappa shape index (κ3) is 7.61. The number of hydrogen-bond donors (Lipinski definition) is 2. The summed E-state index contributed by atoms with van der Waals surface area (Å²) in [6, 6.07) is 26.0. The predicted molar refractivity (Wildman–Crippen MR) is 160 cm³/mol. The number of carboxylic acids is 1. The maximum Gasteiger partial charge on any atom is 0.326 e. The monoisotopic (exact) mass is 568 g/mol. The highest BCUT2D eigenvalue weighted by Gasteiger charge is 2.27. The largest absolute Gasteiger partial charge is 0.492 e. The highest BCUT2D eigenvalue weighted by molar-refractivity contribution is 7.12. The van der Waals surface area contributed by atoms with E-state index in [1.165, 1.54) is 11.3 Å². The number of carbonyl (C=O) groups is 3. The fraction of sp³-hybridized carbons (Fsp3) is 0.242. The average Bonchev–Trinajstić information content (AvgIpc) is 3.65. The summed E-state index contributed by atoms with van der Waals surface area (Å²) in [5.74, 6) is 0.0930. The fourth-order valence-corrected chi connectivity index (χ4v) is 5.31. The molecule has 1 fully saturated rings. The number of carboxylic acid groups (broad SMARTS) is 1. The van der Waals surface area contributed by atoms with Crippen molar-refractivity contribution in [3.63, 3.8) is 0 Å². The van der Waals surface area contributed by atoms with Gasteiger partial charge in [-0.3, -0.25) is 9.59 Å². The van der Waals surface area contributed by atoms with E-state index >= 15 is 0 Å². The Morgan fingerprint density at radius 3 is 2.34 bits per heavy atom. The highest BCUT2D eigenvalue weighted by Crippen LogP contribution is 2.30. The van der Waals surface area contributed by atoms with Crippen molar-refractivity contribution in [3.05, 3.63) is 118 Å². The third-order valence-electron chi connectivity index (χ3n) is 7.02. The van der Waals surface area contributed by atoms with Crippen LogP contribution in [0.15, 0.2) is 96.4 Å². The Kier molecular flexibility index (Phi) is 9.11. The number of nitrogens with one attached hydrogen (secondary N) is 1. The molecule has 1 heterocycles. The van der Waals surface area contributed by atoms with Gasteiger partial charge in [0.1, 0.15) is 18.4 Å². The smallest absolute Gasteiger partial charge is 0.326 e. The van der Waals surface area contributed by atoms with Crippen LogP contribution in [0.2, 0.25) is 0 Å². The molecule has 0 spiro atoms. The number of aliphatic carboxylic acids is 1. The number of anilines is 1. The molecule has 8 heteroatoms. The van der Waals surface area contributed by atoms with E-state index in [0.29, 0.717) is 41.6 Å². The van der Waals surface area contributed by atoms with E-state index in [4.69, 9.17) is 4.74 Å². The zero-order chi connectivity index (χ0) is 28.6. The number of hydrogen-bond acceptors (Lipinski definition) is 6. The minimum atomic E-state index is -1.02. The zero-order valence-corrected chi connectivity index (χ0v) is 23.4. The summed E-state index contributed by atoms with van der Waals surface area (Å²) in [7, 11) is 0. The molecule has 1 aliphatic carbocycles. The molecule has 2 N–H and O–H groups in total. The molecule has 41 heavy (non-hydrogen) atoms. The van der Waals surface area contributed by atoms with Crippen molar-refractivity contribution in [2.24, 2.45) is 5.92 Å².